The molecule has 0 aliphatic rings. The smallest absolute Gasteiger partial charge is 0.227 e. The number of anilines is 1. The second-order valence-electron chi connectivity index (χ2n) is 7.00. The van der Waals surface area contributed by atoms with Gasteiger partial charge in [0.05, 0.1) is 17.8 Å². The number of aromatic nitrogens is 1. The molecule has 0 saturated heterocycles. The highest BCUT2D eigenvalue weighted by molar-refractivity contribution is 5.94. The van der Waals surface area contributed by atoms with E-state index in [1.165, 1.54) is 5.56 Å². The molecule has 0 aliphatic heterocycles. The van der Waals surface area contributed by atoms with Crippen LogP contribution in [0.1, 0.15) is 37.3 Å². The van der Waals surface area contributed by atoms with Crippen LogP contribution in [0.2, 0.25) is 0 Å². The van der Waals surface area contributed by atoms with Gasteiger partial charge in [0, 0.05) is 30.1 Å². The highest BCUT2D eigenvalue weighted by atomic mass is 16.4. The molecular weight excluding hydrogens is 350 g/mol. The van der Waals surface area contributed by atoms with Crippen molar-refractivity contribution >= 4 is 11.6 Å². The van der Waals surface area contributed by atoms with Gasteiger partial charge < -0.3 is 9.32 Å². The summed E-state index contributed by atoms with van der Waals surface area (Å²) < 4.78 is 5.82. The molecule has 1 aromatic heterocycles. The van der Waals surface area contributed by atoms with E-state index in [0.717, 1.165) is 11.3 Å². The summed E-state index contributed by atoms with van der Waals surface area (Å²) in [4.78, 5) is 18.9. The van der Waals surface area contributed by atoms with E-state index in [2.05, 4.69) is 11.1 Å². The number of amides is 1. The average Bonchev–Trinajstić information content (AvgIpc) is 3.16. The van der Waals surface area contributed by atoms with Gasteiger partial charge in [-0.2, -0.15) is 5.26 Å². The predicted octanol–water partition coefficient (Wildman–Crippen LogP) is 4.90. The Morgan fingerprint density at radius 3 is 2.64 bits per heavy atom. The van der Waals surface area contributed by atoms with Crippen LogP contribution in [0.3, 0.4) is 0 Å². The van der Waals surface area contributed by atoms with Crippen molar-refractivity contribution in [2.45, 2.75) is 39.7 Å². The first-order valence-corrected chi connectivity index (χ1v) is 9.32. The monoisotopic (exact) mass is 373 g/mol. The molecule has 0 atom stereocenters. The van der Waals surface area contributed by atoms with Gasteiger partial charge in [-0.05, 0) is 39.0 Å². The van der Waals surface area contributed by atoms with E-state index in [0.29, 0.717) is 23.6 Å². The number of rotatable bonds is 6. The second kappa shape index (κ2) is 8.53. The van der Waals surface area contributed by atoms with Gasteiger partial charge in [-0.1, -0.05) is 35.9 Å². The molecule has 5 nitrogen and oxygen atoms in total. The zero-order valence-corrected chi connectivity index (χ0v) is 16.3. The van der Waals surface area contributed by atoms with Gasteiger partial charge in [-0.3, -0.25) is 4.79 Å². The molecule has 1 heterocycles. The highest BCUT2D eigenvalue weighted by Gasteiger charge is 2.20. The number of nitrogens with zero attached hydrogens (tertiary/aromatic N) is 3. The number of hydrogen-bond donors (Lipinski definition) is 0. The fourth-order valence-electron chi connectivity index (χ4n) is 3.07. The maximum absolute atomic E-state index is 12.8. The summed E-state index contributed by atoms with van der Waals surface area (Å²) in [6.07, 6.45) is 2.40. The normalized spacial score (nSPS) is 10.7. The van der Waals surface area contributed by atoms with Crippen LogP contribution in [0.25, 0.3) is 11.3 Å². The van der Waals surface area contributed by atoms with Crippen LogP contribution in [0.15, 0.2) is 59.1 Å². The first kappa shape index (κ1) is 19.4. The summed E-state index contributed by atoms with van der Waals surface area (Å²) in [6, 6.07) is 17.2. The first-order chi connectivity index (χ1) is 13.5. The summed E-state index contributed by atoms with van der Waals surface area (Å²) in [5.74, 6) is 1.21. The van der Waals surface area contributed by atoms with Gasteiger partial charge in [-0.15, -0.1) is 0 Å². The topological polar surface area (TPSA) is 70.1 Å². The molecule has 0 radical (unpaired) electrons. The Hall–Kier alpha value is -3.39. The average molecular weight is 373 g/mol. The van der Waals surface area contributed by atoms with Crippen LogP contribution in [0, 0.1) is 18.3 Å². The molecule has 3 rings (SSSR count). The van der Waals surface area contributed by atoms with Crippen LogP contribution in [0.4, 0.5) is 5.69 Å². The SMILES string of the molecule is Cc1ccc(-c2cnc(CCC(=O)N(c3cccc(C#N)c3)C(C)C)o2)cc1. The molecule has 28 heavy (non-hydrogen) atoms. The zero-order chi connectivity index (χ0) is 20.1. The Bertz CT molecular complexity index is 997. The lowest BCUT2D eigenvalue weighted by Gasteiger charge is -2.27. The van der Waals surface area contributed by atoms with Crippen molar-refractivity contribution in [2.24, 2.45) is 0 Å². The van der Waals surface area contributed by atoms with E-state index >= 15 is 0 Å². The first-order valence-electron chi connectivity index (χ1n) is 9.32. The summed E-state index contributed by atoms with van der Waals surface area (Å²) >= 11 is 0. The van der Waals surface area contributed by atoms with E-state index in [1.54, 1.807) is 29.3 Å². The standard InChI is InChI=1S/C23H23N3O2/c1-16(2)26(20-6-4-5-18(13-20)14-24)23(27)12-11-22-25-15-21(28-22)19-9-7-17(3)8-10-19/h4-10,13,15-16H,11-12H2,1-3H3. The minimum Gasteiger partial charge on any atom is -0.441 e. The summed E-state index contributed by atoms with van der Waals surface area (Å²) in [5.41, 5.74) is 3.41. The summed E-state index contributed by atoms with van der Waals surface area (Å²) in [5, 5.41) is 9.11. The maximum Gasteiger partial charge on any atom is 0.227 e. The Morgan fingerprint density at radius 1 is 1.21 bits per heavy atom. The Balaban J connectivity index is 1.70. The Kier molecular flexibility index (Phi) is 5.90. The molecule has 5 heteroatoms. The number of benzene rings is 2. The van der Waals surface area contributed by atoms with Gasteiger partial charge in [0.15, 0.2) is 11.7 Å². The van der Waals surface area contributed by atoms with Gasteiger partial charge in [0.2, 0.25) is 5.91 Å². The van der Waals surface area contributed by atoms with Crippen molar-refractivity contribution in [1.82, 2.24) is 4.98 Å². The molecule has 0 aliphatic carbocycles. The van der Waals surface area contributed by atoms with E-state index in [9.17, 15) is 4.79 Å². The lowest BCUT2D eigenvalue weighted by Crippen LogP contribution is -2.37. The van der Waals surface area contributed by atoms with Crippen molar-refractivity contribution in [3.8, 4) is 17.4 Å². The Labute approximate surface area is 165 Å². The third kappa shape index (κ3) is 4.47. The molecule has 0 fully saturated rings. The van der Waals surface area contributed by atoms with Crippen LogP contribution in [-0.2, 0) is 11.2 Å². The van der Waals surface area contributed by atoms with E-state index in [1.807, 2.05) is 51.1 Å². The van der Waals surface area contributed by atoms with E-state index in [4.69, 9.17) is 9.68 Å². The third-order valence-electron chi connectivity index (χ3n) is 4.48. The molecule has 1 amide bonds. The van der Waals surface area contributed by atoms with Crippen LogP contribution < -0.4 is 4.90 Å². The van der Waals surface area contributed by atoms with Crippen molar-refractivity contribution in [1.29, 1.82) is 5.26 Å². The number of carbonyl (C=O) groups is 1. The molecule has 142 valence electrons. The number of hydrogen-bond acceptors (Lipinski definition) is 4. The van der Waals surface area contributed by atoms with Crippen molar-refractivity contribution in [3.63, 3.8) is 0 Å². The van der Waals surface area contributed by atoms with Gasteiger partial charge in [0.25, 0.3) is 0 Å². The van der Waals surface area contributed by atoms with Crippen molar-refractivity contribution in [3.05, 3.63) is 71.7 Å². The number of nitriles is 1. The van der Waals surface area contributed by atoms with E-state index < -0.39 is 0 Å². The molecule has 0 spiro atoms. The van der Waals surface area contributed by atoms with Crippen LogP contribution >= 0.6 is 0 Å². The number of oxazole rings is 1. The quantitative estimate of drug-likeness (QED) is 0.616. The van der Waals surface area contributed by atoms with Crippen molar-refractivity contribution in [2.75, 3.05) is 4.90 Å². The minimum absolute atomic E-state index is 0.0193. The molecule has 3 aromatic rings. The van der Waals surface area contributed by atoms with Gasteiger partial charge >= 0.3 is 0 Å². The molecule has 2 aromatic carbocycles. The van der Waals surface area contributed by atoms with Crippen LogP contribution in [-0.4, -0.2) is 16.9 Å². The van der Waals surface area contributed by atoms with E-state index in [-0.39, 0.29) is 18.4 Å². The molecule has 0 bridgehead atoms. The predicted molar refractivity (Wildman–Crippen MR) is 109 cm³/mol. The largest absolute Gasteiger partial charge is 0.441 e. The molecular formula is C23H23N3O2. The van der Waals surface area contributed by atoms with Crippen molar-refractivity contribution < 1.29 is 9.21 Å². The fourth-order valence-corrected chi connectivity index (χ4v) is 3.07. The molecule has 0 unspecified atom stereocenters. The lowest BCUT2D eigenvalue weighted by atomic mass is 10.1. The third-order valence-corrected chi connectivity index (χ3v) is 4.48. The second-order valence-corrected chi connectivity index (χ2v) is 7.00. The number of carbonyl (C=O) groups excluding carboxylic acids is 1. The highest BCUT2D eigenvalue weighted by Crippen LogP contribution is 2.23. The van der Waals surface area contributed by atoms with Gasteiger partial charge in [-0.25, -0.2) is 4.98 Å². The lowest BCUT2D eigenvalue weighted by molar-refractivity contribution is -0.119. The zero-order valence-electron chi connectivity index (χ0n) is 16.3. The molecule has 0 N–H and O–H groups in total. The van der Waals surface area contributed by atoms with Gasteiger partial charge in [0.1, 0.15) is 0 Å². The fraction of sp³-hybridized carbons (Fsp3) is 0.261. The summed E-state index contributed by atoms with van der Waals surface area (Å²) in [7, 11) is 0. The summed E-state index contributed by atoms with van der Waals surface area (Å²) in [6.45, 7) is 5.95. The minimum atomic E-state index is -0.0276. The molecule has 0 saturated carbocycles. The Morgan fingerprint density at radius 2 is 1.96 bits per heavy atom. The number of aryl methyl sites for hydroxylation is 2. The maximum atomic E-state index is 12.8. The van der Waals surface area contributed by atoms with Crippen LogP contribution in [0.5, 0.6) is 0 Å².